The molecule has 0 aromatic heterocycles. The van der Waals surface area contributed by atoms with Crippen molar-refractivity contribution in [3.05, 3.63) is 35.6 Å². The van der Waals surface area contributed by atoms with Gasteiger partial charge in [-0.1, -0.05) is 25.0 Å². The highest BCUT2D eigenvalue weighted by molar-refractivity contribution is 5.24. The molecule has 1 aliphatic heterocycles. The summed E-state index contributed by atoms with van der Waals surface area (Å²) in [6.45, 7) is 1.08. The molecule has 0 unspecified atom stereocenters. The van der Waals surface area contributed by atoms with E-state index in [1.807, 2.05) is 0 Å². The monoisotopic (exact) mass is 288 g/mol. The average Bonchev–Trinajstić information content (AvgIpc) is 2.49. The van der Waals surface area contributed by atoms with E-state index in [1.54, 1.807) is 12.1 Å². The van der Waals surface area contributed by atoms with E-state index in [-0.39, 0.29) is 17.8 Å². The van der Waals surface area contributed by atoms with E-state index in [0.717, 1.165) is 44.2 Å². The Kier molecular flexibility index (Phi) is 3.97. The third-order valence-corrected chi connectivity index (χ3v) is 5.16. The fourth-order valence-electron chi connectivity index (χ4n) is 4.11. The van der Waals surface area contributed by atoms with Gasteiger partial charge in [-0.05, 0) is 37.0 Å². The lowest BCUT2D eigenvalue weighted by Crippen LogP contribution is -2.54. The highest BCUT2D eigenvalue weighted by atomic mass is 19.1. The molecule has 4 heteroatoms. The fourth-order valence-corrected chi connectivity index (χ4v) is 4.11. The van der Waals surface area contributed by atoms with E-state index in [0.29, 0.717) is 6.54 Å². The Morgan fingerprint density at radius 3 is 2.76 bits per heavy atom. The molecule has 112 valence electrons. The molecule has 2 fully saturated rings. The van der Waals surface area contributed by atoms with E-state index < -0.39 is 5.60 Å². The number of likely N-dealkylation sites (tertiary alicyclic amines) is 1. The van der Waals surface area contributed by atoms with Crippen LogP contribution in [0, 0.1) is 23.1 Å². The second-order valence-corrected chi connectivity index (χ2v) is 6.33. The zero-order valence-electron chi connectivity index (χ0n) is 12.1. The van der Waals surface area contributed by atoms with E-state index in [2.05, 4.69) is 11.0 Å². The van der Waals surface area contributed by atoms with Crippen LogP contribution < -0.4 is 0 Å². The number of benzene rings is 1. The minimum atomic E-state index is -0.622. The number of fused-ring (bicyclic) bond motifs is 1. The molecule has 1 heterocycles. The zero-order chi connectivity index (χ0) is 14.9. The third-order valence-electron chi connectivity index (χ3n) is 5.16. The van der Waals surface area contributed by atoms with Gasteiger partial charge < -0.3 is 5.11 Å². The largest absolute Gasteiger partial charge is 0.389 e. The van der Waals surface area contributed by atoms with Crippen molar-refractivity contribution in [3.63, 3.8) is 0 Å². The Hall–Kier alpha value is -1.44. The van der Waals surface area contributed by atoms with Crippen molar-refractivity contribution in [2.24, 2.45) is 5.92 Å². The highest BCUT2D eigenvalue weighted by Gasteiger charge is 2.48. The molecule has 0 radical (unpaired) electrons. The van der Waals surface area contributed by atoms with Crippen LogP contribution >= 0.6 is 0 Å². The van der Waals surface area contributed by atoms with Crippen molar-refractivity contribution in [1.29, 1.82) is 5.26 Å². The van der Waals surface area contributed by atoms with Crippen molar-refractivity contribution >= 4 is 0 Å². The zero-order valence-corrected chi connectivity index (χ0v) is 12.1. The third kappa shape index (κ3) is 2.68. The smallest absolute Gasteiger partial charge is 0.123 e. The summed E-state index contributed by atoms with van der Waals surface area (Å²) in [6.07, 6.45) is 4.74. The number of hydrogen-bond donors (Lipinski definition) is 1. The summed E-state index contributed by atoms with van der Waals surface area (Å²) in [6, 6.07) is 8.77. The molecule has 3 nitrogen and oxygen atoms in total. The maximum absolute atomic E-state index is 13.2. The highest BCUT2D eigenvalue weighted by Crippen LogP contribution is 2.49. The van der Waals surface area contributed by atoms with Crippen molar-refractivity contribution < 1.29 is 9.50 Å². The maximum Gasteiger partial charge on any atom is 0.123 e. The van der Waals surface area contributed by atoms with E-state index in [4.69, 9.17) is 5.26 Å². The first-order valence-corrected chi connectivity index (χ1v) is 7.73. The van der Waals surface area contributed by atoms with Crippen molar-refractivity contribution in [2.45, 2.75) is 43.7 Å². The van der Waals surface area contributed by atoms with Crippen LogP contribution in [-0.2, 0) is 0 Å². The Morgan fingerprint density at radius 1 is 1.29 bits per heavy atom. The van der Waals surface area contributed by atoms with Gasteiger partial charge in [0, 0.05) is 18.5 Å². The van der Waals surface area contributed by atoms with Crippen LogP contribution in [0.25, 0.3) is 0 Å². The van der Waals surface area contributed by atoms with Gasteiger partial charge >= 0.3 is 0 Å². The minimum Gasteiger partial charge on any atom is -0.389 e. The summed E-state index contributed by atoms with van der Waals surface area (Å²) in [5.74, 6) is -0.112. The lowest BCUT2D eigenvalue weighted by molar-refractivity contribution is -0.121. The molecule has 21 heavy (non-hydrogen) atoms. The standard InChI is InChI=1S/C17H21FN2O/c18-14-6-4-13(5-7-14)16-15-3-1-2-8-17(15,21)9-11-20(16)12-10-19/h4-7,15-16,21H,1-3,8-9,11-12H2/t15-,16+,17+/m1/s1. The summed E-state index contributed by atoms with van der Waals surface area (Å²) >= 11 is 0. The lowest BCUT2D eigenvalue weighted by atomic mass is 9.66. The molecule has 0 spiro atoms. The summed E-state index contributed by atoms with van der Waals surface area (Å²) in [5, 5.41) is 20.1. The Balaban J connectivity index is 1.96. The lowest BCUT2D eigenvalue weighted by Gasteiger charge is -2.52. The average molecular weight is 288 g/mol. The van der Waals surface area contributed by atoms with Crippen molar-refractivity contribution in [3.8, 4) is 6.07 Å². The topological polar surface area (TPSA) is 47.3 Å². The number of nitriles is 1. The van der Waals surface area contributed by atoms with Gasteiger partial charge in [-0.25, -0.2) is 4.39 Å². The Labute approximate surface area is 125 Å². The predicted octanol–water partition coefficient (Wildman–Crippen LogP) is 3.02. The number of hydrogen-bond acceptors (Lipinski definition) is 3. The van der Waals surface area contributed by atoms with Gasteiger partial charge in [-0.3, -0.25) is 4.90 Å². The number of halogens is 1. The summed E-state index contributed by atoms with van der Waals surface area (Å²) in [5.41, 5.74) is 0.389. The van der Waals surface area contributed by atoms with Gasteiger partial charge in [0.05, 0.1) is 18.2 Å². The number of piperidine rings is 1. The number of nitrogens with zero attached hydrogens (tertiary/aromatic N) is 2. The molecule has 3 atom stereocenters. The van der Waals surface area contributed by atoms with Crippen LogP contribution in [0.1, 0.15) is 43.7 Å². The minimum absolute atomic E-state index is 0.0179. The second kappa shape index (κ2) is 5.75. The first-order valence-electron chi connectivity index (χ1n) is 7.73. The van der Waals surface area contributed by atoms with E-state index in [1.165, 1.54) is 12.1 Å². The normalized spacial score (nSPS) is 33.2. The summed E-state index contributed by atoms with van der Waals surface area (Å²) < 4.78 is 13.2. The molecule has 1 aromatic carbocycles. The quantitative estimate of drug-likeness (QED) is 0.851. The summed E-state index contributed by atoms with van der Waals surface area (Å²) in [4.78, 5) is 2.14. The molecular weight excluding hydrogens is 267 g/mol. The van der Waals surface area contributed by atoms with E-state index in [9.17, 15) is 9.50 Å². The SMILES string of the molecule is N#CCN1CC[C@@]2(O)CCCC[C@@H]2[C@@H]1c1ccc(F)cc1. The molecule has 1 saturated heterocycles. The molecule has 1 aliphatic carbocycles. The maximum atomic E-state index is 13.2. The molecule has 3 rings (SSSR count). The molecule has 2 aliphatic rings. The second-order valence-electron chi connectivity index (χ2n) is 6.33. The van der Waals surface area contributed by atoms with Crippen LogP contribution in [0.15, 0.2) is 24.3 Å². The van der Waals surface area contributed by atoms with Crippen LogP contribution in [0.3, 0.4) is 0 Å². The van der Waals surface area contributed by atoms with Gasteiger partial charge in [0.15, 0.2) is 0 Å². The molecule has 1 N–H and O–H groups in total. The number of aliphatic hydroxyl groups is 1. The molecule has 1 aromatic rings. The predicted molar refractivity (Wildman–Crippen MR) is 77.9 cm³/mol. The van der Waals surface area contributed by atoms with Crippen molar-refractivity contribution in [2.75, 3.05) is 13.1 Å². The molecule has 0 amide bonds. The molecule has 0 bridgehead atoms. The van der Waals surface area contributed by atoms with Crippen LogP contribution in [0.2, 0.25) is 0 Å². The van der Waals surface area contributed by atoms with Gasteiger partial charge in [0.1, 0.15) is 5.82 Å². The molecule has 1 saturated carbocycles. The van der Waals surface area contributed by atoms with Crippen LogP contribution in [-0.4, -0.2) is 28.7 Å². The van der Waals surface area contributed by atoms with E-state index >= 15 is 0 Å². The fraction of sp³-hybridized carbons (Fsp3) is 0.588. The Bertz CT molecular complexity index is 539. The number of rotatable bonds is 2. The first kappa shape index (κ1) is 14.5. The van der Waals surface area contributed by atoms with Gasteiger partial charge in [0.25, 0.3) is 0 Å². The van der Waals surface area contributed by atoms with Crippen LogP contribution in [0.5, 0.6) is 0 Å². The first-order chi connectivity index (χ1) is 10.1. The van der Waals surface area contributed by atoms with Crippen molar-refractivity contribution in [1.82, 2.24) is 4.90 Å². The molecular formula is C17H21FN2O. The Morgan fingerprint density at radius 2 is 2.05 bits per heavy atom. The van der Waals surface area contributed by atoms with Gasteiger partial charge in [0.2, 0.25) is 0 Å². The summed E-state index contributed by atoms with van der Waals surface area (Å²) in [7, 11) is 0. The van der Waals surface area contributed by atoms with Gasteiger partial charge in [-0.2, -0.15) is 5.26 Å². The van der Waals surface area contributed by atoms with Gasteiger partial charge in [-0.15, -0.1) is 0 Å². The van der Waals surface area contributed by atoms with Crippen LogP contribution in [0.4, 0.5) is 4.39 Å².